The first-order valence-electron chi connectivity index (χ1n) is 11.3. The van der Waals surface area contributed by atoms with Crippen LogP contribution < -0.4 is 15.4 Å². The fraction of sp³-hybridized carbons (Fsp3) is 0.320. The van der Waals surface area contributed by atoms with E-state index in [2.05, 4.69) is 20.8 Å². The number of hydrogen-bond donors (Lipinski definition) is 2. The van der Waals surface area contributed by atoms with Gasteiger partial charge in [0.15, 0.2) is 11.0 Å². The van der Waals surface area contributed by atoms with Gasteiger partial charge < -0.3 is 24.7 Å². The van der Waals surface area contributed by atoms with E-state index in [1.54, 1.807) is 49.9 Å². The molecule has 0 aliphatic carbocycles. The first-order chi connectivity index (χ1) is 17.3. The van der Waals surface area contributed by atoms with Crippen LogP contribution >= 0.6 is 11.8 Å². The summed E-state index contributed by atoms with van der Waals surface area (Å²) in [7, 11) is 3.38. The Balaban J connectivity index is 1.52. The van der Waals surface area contributed by atoms with Gasteiger partial charge in [0.25, 0.3) is 0 Å². The molecule has 36 heavy (non-hydrogen) atoms. The monoisotopic (exact) mass is 511 g/mol. The van der Waals surface area contributed by atoms with Crippen LogP contribution in [0.1, 0.15) is 41.6 Å². The van der Waals surface area contributed by atoms with E-state index in [-0.39, 0.29) is 36.6 Å². The van der Waals surface area contributed by atoms with Crippen molar-refractivity contribution in [3.05, 3.63) is 65.5 Å². The molecule has 0 unspecified atom stereocenters. The second-order valence-electron chi connectivity index (χ2n) is 7.85. The number of nitrogens with one attached hydrogen (secondary N) is 2. The lowest BCUT2D eigenvalue weighted by molar-refractivity contribution is -0.121. The molecule has 0 saturated heterocycles. The van der Waals surface area contributed by atoms with E-state index >= 15 is 0 Å². The smallest absolute Gasteiger partial charge is 0.338 e. The Bertz CT molecular complexity index is 1210. The third kappa shape index (κ3) is 7.32. The number of hydrogen-bond acceptors (Lipinski definition) is 8. The van der Waals surface area contributed by atoms with Gasteiger partial charge in [-0.15, -0.1) is 10.2 Å². The van der Waals surface area contributed by atoms with Gasteiger partial charge in [0.05, 0.1) is 37.5 Å². The van der Waals surface area contributed by atoms with Gasteiger partial charge >= 0.3 is 5.97 Å². The standard InChI is InChI=1S/C25H29N5O5S/c1-5-35-24(33)18-7-6-8-19(14-18)27-22(32)15-36-25-29-28-23(30(25)3)16(2)26-21(31)13-17-9-11-20(34-4)12-10-17/h6-12,14,16H,5,13,15H2,1-4H3,(H,26,31)(H,27,32)/t16-/m1/s1. The summed E-state index contributed by atoms with van der Waals surface area (Å²) in [4.78, 5) is 36.8. The van der Waals surface area contributed by atoms with Crippen molar-refractivity contribution in [2.24, 2.45) is 7.05 Å². The minimum atomic E-state index is -0.445. The summed E-state index contributed by atoms with van der Waals surface area (Å²) in [6.45, 7) is 3.83. The Kier molecular flexibility index (Phi) is 9.46. The maximum absolute atomic E-state index is 12.5. The van der Waals surface area contributed by atoms with Crippen LogP contribution in [0.25, 0.3) is 0 Å². The highest BCUT2D eigenvalue weighted by Crippen LogP contribution is 2.20. The Morgan fingerprint density at radius 1 is 1.08 bits per heavy atom. The van der Waals surface area contributed by atoms with Crippen LogP contribution in [0.2, 0.25) is 0 Å². The molecule has 0 saturated carbocycles. The maximum atomic E-state index is 12.5. The van der Waals surface area contributed by atoms with Gasteiger partial charge in [-0.05, 0) is 49.7 Å². The third-order valence-corrected chi connectivity index (χ3v) is 6.17. The third-order valence-electron chi connectivity index (χ3n) is 5.15. The molecule has 0 spiro atoms. The van der Waals surface area contributed by atoms with Gasteiger partial charge in [-0.25, -0.2) is 4.79 Å². The van der Waals surface area contributed by atoms with E-state index in [1.807, 2.05) is 31.2 Å². The predicted molar refractivity (Wildman–Crippen MR) is 136 cm³/mol. The van der Waals surface area contributed by atoms with Gasteiger partial charge in [-0.2, -0.15) is 0 Å². The molecule has 190 valence electrons. The molecule has 0 aliphatic rings. The van der Waals surface area contributed by atoms with Crippen LogP contribution in [0.5, 0.6) is 5.75 Å². The Morgan fingerprint density at radius 2 is 1.83 bits per heavy atom. The van der Waals surface area contributed by atoms with Crippen molar-refractivity contribution in [2.45, 2.75) is 31.5 Å². The van der Waals surface area contributed by atoms with Crippen LogP contribution in [0, 0.1) is 0 Å². The first kappa shape index (κ1) is 26.7. The molecular weight excluding hydrogens is 482 g/mol. The molecule has 0 fully saturated rings. The summed E-state index contributed by atoms with van der Waals surface area (Å²) >= 11 is 1.22. The van der Waals surface area contributed by atoms with E-state index in [0.29, 0.717) is 22.2 Å². The predicted octanol–water partition coefficient (Wildman–Crippen LogP) is 3.15. The number of methoxy groups -OCH3 is 1. The number of aromatic nitrogens is 3. The van der Waals surface area contributed by atoms with Crippen molar-refractivity contribution in [3.8, 4) is 5.75 Å². The van der Waals surface area contributed by atoms with Crippen molar-refractivity contribution in [1.29, 1.82) is 0 Å². The second-order valence-corrected chi connectivity index (χ2v) is 8.79. The number of rotatable bonds is 11. The van der Waals surface area contributed by atoms with Crippen LogP contribution in [-0.2, 0) is 27.8 Å². The van der Waals surface area contributed by atoms with E-state index in [0.717, 1.165) is 11.3 Å². The van der Waals surface area contributed by atoms with E-state index in [4.69, 9.17) is 9.47 Å². The molecule has 2 N–H and O–H groups in total. The number of esters is 1. The zero-order valence-electron chi connectivity index (χ0n) is 20.6. The van der Waals surface area contributed by atoms with E-state index < -0.39 is 5.97 Å². The van der Waals surface area contributed by atoms with E-state index in [9.17, 15) is 14.4 Å². The van der Waals surface area contributed by atoms with Crippen LogP contribution in [0.15, 0.2) is 53.7 Å². The second kappa shape index (κ2) is 12.7. The average molecular weight is 512 g/mol. The largest absolute Gasteiger partial charge is 0.497 e. The normalized spacial score (nSPS) is 11.4. The molecule has 2 amide bonds. The van der Waals surface area contributed by atoms with Crippen molar-refractivity contribution >= 4 is 35.2 Å². The lowest BCUT2D eigenvalue weighted by atomic mass is 10.1. The molecule has 0 bridgehead atoms. The number of anilines is 1. The molecule has 1 aromatic heterocycles. The fourth-order valence-corrected chi connectivity index (χ4v) is 4.10. The van der Waals surface area contributed by atoms with Gasteiger partial charge in [-0.1, -0.05) is 30.0 Å². The lowest BCUT2D eigenvalue weighted by Crippen LogP contribution is -2.29. The summed E-state index contributed by atoms with van der Waals surface area (Å²) in [6, 6.07) is 13.5. The van der Waals surface area contributed by atoms with Crippen LogP contribution in [0.3, 0.4) is 0 Å². The molecule has 2 aromatic carbocycles. The van der Waals surface area contributed by atoms with Crippen molar-refractivity contribution in [3.63, 3.8) is 0 Å². The van der Waals surface area contributed by atoms with Crippen LogP contribution in [-0.4, -0.2) is 52.0 Å². The van der Waals surface area contributed by atoms with Gasteiger partial charge in [0, 0.05) is 12.7 Å². The summed E-state index contributed by atoms with van der Waals surface area (Å²) in [5, 5.41) is 14.6. The average Bonchev–Trinajstić information content (AvgIpc) is 3.23. The summed E-state index contributed by atoms with van der Waals surface area (Å²) in [6.07, 6.45) is 0.228. The highest BCUT2D eigenvalue weighted by atomic mass is 32.2. The number of amides is 2. The number of ether oxygens (including phenoxy) is 2. The highest BCUT2D eigenvalue weighted by molar-refractivity contribution is 7.99. The first-order valence-corrected chi connectivity index (χ1v) is 12.3. The fourth-order valence-electron chi connectivity index (χ4n) is 3.38. The van der Waals surface area contributed by atoms with Crippen molar-refractivity contribution in [2.75, 3.05) is 24.8 Å². The maximum Gasteiger partial charge on any atom is 0.338 e. The molecule has 1 heterocycles. The summed E-state index contributed by atoms with van der Waals surface area (Å²) in [5.74, 6) is 0.549. The van der Waals surface area contributed by atoms with Gasteiger partial charge in [0.1, 0.15) is 5.75 Å². The SMILES string of the molecule is CCOC(=O)c1cccc(NC(=O)CSc2nnc([C@@H](C)NC(=O)Cc3ccc(OC)cc3)n2C)c1. The Labute approximate surface area is 213 Å². The number of carbonyl (C=O) groups is 3. The molecule has 11 heteroatoms. The number of benzene rings is 2. The molecular formula is C25H29N5O5S. The topological polar surface area (TPSA) is 124 Å². The Morgan fingerprint density at radius 3 is 2.53 bits per heavy atom. The number of carbonyl (C=O) groups excluding carboxylic acids is 3. The van der Waals surface area contributed by atoms with Gasteiger partial charge in [-0.3, -0.25) is 9.59 Å². The molecule has 3 aromatic rings. The number of thioether (sulfide) groups is 1. The molecule has 0 aliphatic heterocycles. The van der Waals surface area contributed by atoms with Crippen molar-refractivity contribution in [1.82, 2.24) is 20.1 Å². The lowest BCUT2D eigenvalue weighted by Gasteiger charge is -2.14. The summed E-state index contributed by atoms with van der Waals surface area (Å²) < 4.78 is 11.9. The molecule has 10 nitrogen and oxygen atoms in total. The van der Waals surface area contributed by atoms with Crippen molar-refractivity contribution < 1.29 is 23.9 Å². The molecule has 0 radical (unpaired) electrons. The minimum absolute atomic E-state index is 0.0911. The zero-order chi connectivity index (χ0) is 26.1. The number of nitrogens with zero attached hydrogens (tertiary/aromatic N) is 3. The minimum Gasteiger partial charge on any atom is -0.497 e. The van der Waals surface area contributed by atoms with Gasteiger partial charge in [0.2, 0.25) is 11.8 Å². The quantitative estimate of drug-likeness (QED) is 0.297. The van der Waals surface area contributed by atoms with E-state index in [1.165, 1.54) is 11.8 Å². The zero-order valence-corrected chi connectivity index (χ0v) is 21.4. The molecule has 3 rings (SSSR count). The Hall–Kier alpha value is -3.86. The summed E-state index contributed by atoms with van der Waals surface area (Å²) in [5.41, 5.74) is 1.73. The molecule has 1 atom stereocenters. The van der Waals surface area contributed by atoms with Crippen LogP contribution in [0.4, 0.5) is 5.69 Å². The highest BCUT2D eigenvalue weighted by Gasteiger charge is 2.19.